The van der Waals surface area contributed by atoms with Gasteiger partial charge >= 0.3 is 0 Å². The highest BCUT2D eigenvalue weighted by Gasteiger charge is 2.41. The molecule has 0 aromatic carbocycles. The minimum Gasteiger partial charge on any atom is -0.348 e. The summed E-state index contributed by atoms with van der Waals surface area (Å²) in [6.07, 6.45) is 4.38. The Kier molecular flexibility index (Phi) is 3.24. The molecule has 1 fully saturated rings. The van der Waals surface area contributed by atoms with Crippen molar-refractivity contribution in [2.24, 2.45) is 0 Å². The lowest BCUT2D eigenvalue weighted by Gasteiger charge is -2.38. The van der Waals surface area contributed by atoms with Crippen molar-refractivity contribution in [1.82, 2.24) is 20.3 Å². The Morgan fingerprint density at radius 1 is 1.53 bits per heavy atom. The Balaban J connectivity index is 1.65. The molecule has 0 bridgehead atoms. The maximum absolute atomic E-state index is 12.0. The van der Waals surface area contributed by atoms with Crippen LogP contribution in [0.1, 0.15) is 23.3 Å². The summed E-state index contributed by atoms with van der Waals surface area (Å²) >= 11 is 13.2. The van der Waals surface area contributed by atoms with Gasteiger partial charge in [0.15, 0.2) is 0 Å². The van der Waals surface area contributed by atoms with E-state index >= 15 is 0 Å². The normalized spacial score (nSPS) is 18.0. The number of carbonyl (C=O) groups excluding carboxylic acids is 1. The Morgan fingerprint density at radius 2 is 2.32 bits per heavy atom. The molecule has 2 aromatic rings. The minimum absolute atomic E-state index is 0.0276. The number of carbonyl (C=O) groups is 1. The maximum Gasteiger partial charge on any atom is 0.270 e. The topological polar surface area (TPSA) is 70.7 Å². The molecule has 0 spiro atoms. The van der Waals surface area contributed by atoms with Gasteiger partial charge in [0.25, 0.3) is 5.91 Å². The van der Waals surface area contributed by atoms with Crippen LogP contribution < -0.4 is 5.32 Å². The smallest absolute Gasteiger partial charge is 0.270 e. The number of aromatic nitrogens is 3. The Bertz CT molecular complexity index is 588. The Morgan fingerprint density at radius 3 is 2.95 bits per heavy atom. The number of nitrogens with zero attached hydrogens (tertiary/aromatic N) is 2. The molecule has 0 unspecified atom stereocenters. The van der Waals surface area contributed by atoms with Crippen LogP contribution in [-0.4, -0.2) is 31.2 Å². The number of halogens is 2. The highest BCUT2D eigenvalue weighted by Crippen LogP contribution is 2.42. The van der Waals surface area contributed by atoms with Gasteiger partial charge in [-0.05, 0) is 0 Å². The average molecular weight is 317 g/mol. The molecule has 100 valence electrons. The minimum atomic E-state index is -0.693. The fraction of sp³-hybridized carbons (Fsp3) is 0.364. The van der Waals surface area contributed by atoms with E-state index in [0.717, 1.165) is 10.7 Å². The first-order chi connectivity index (χ1) is 9.03. The van der Waals surface area contributed by atoms with Crippen molar-refractivity contribution in [3.63, 3.8) is 0 Å². The number of imidazole rings is 1. The zero-order chi connectivity index (χ0) is 13.5. The van der Waals surface area contributed by atoms with Gasteiger partial charge < -0.3 is 10.3 Å². The number of hydrogen-bond acceptors (Lipinski definition) is 4. The lowest BCUT2D eigenvalue weighted by molar-refractivity contribution is 0.0909. The van der Waals surface area contributed by atoms with Crippen LogP contribution in [0.5, 0.6) is 0 Å². The first kappa shape index (κ1) is 12.9. The molecule has 0 aliphatic heterocycles. The lowest BCUT2D eigenvalue weighted by Crippen LogP contribution is -2.49. The number of nitrogens with one attached hydrogen (secondary N) is 2. The quantitative estimate of drug-likeness (QED) is 0.855. The zero-order valence-corrected chi connectivity index (χ0v) is 12.0. The van der Waals surface area contributed by atoms with Crippen molar-refractivity contribution in [2.45, 2.75) is 23.2 Å². The van der Waals surface area contributed by atoms with E-state index in [9.17, 15) is 4.79 Å². The molecule has 2 heterocycles. The molecule has 1 aliphatic carbocycles. The van der Waals surface area contributed by atoms with E-state index in [1.807, 2.05) is 0 Å². The molecule has 2 aromatic heterocycles. The second-order valence-corrected chi connectivity index (χ2v) is 6.94. The van der Waals surface area contributed by atoms with E-state index in [0.29, 0.717) is 18.5 Å². The fourth-order valence-corrected chi connectivity index (χ4v) is 3.41. The Labute approximate surface area is 123 Å². The van der Waals surface area contributed by atoms with Crippen molar-refractivity contribution >= 4 is 40.4 Å². The highest BCUT2D eigenvalue weighted by molar-refractivity contribution is 7.13. The van der Waals surface area contributed by atoms with E-state index in [4.69, 9.17) is 23.2 Å². The third-order valence-electron chi connectivity index (χ3n) is 2.89. The number of hydrogen-bond donors (Lipinski definition) is 2. The fourth-order valence-electron chi connectivity index (χ4n) is 1.90. The van der Waals surface area contributed by atoms with Gasteiger partial charge in [-0.2, -0.15) is 0 Å². The van der Waals surface area contributed by atoms with Crippen molar-refractivity contribution < 1.29 is 4.79 Å². The summed E-state index contributed by atoms with van der Waals surface area (Å²) in [5.41, 5.74) is 1.20. The Hall–Kier alpha value is -1.11. The van der Waals surface area contributed by atoms with Crippen molar-refractivity contribution in [1.29, 1.82) is 0 Å². The van der Waals surface area contributed by atoms with Crippen LogP contribution in [0.3, 0.4) is 0 Å². The second-order valence-electron chi connectivity index (χ2n) is 4.44. The SMILES string of the molecule is O=C(NC1CC(Cl)(Cl)C1)c1csc(-c2cnc[nH]2)n1. The monoisotopic (exact) mass is 316 g/mol. The van der Waals surface area contributed by atoms with Crippen molar-refractivity contribution in [3.8, 4) is 10.7 Å². The lowest BCUT2D eigenvalue weighted by atomic mass is 9.91. The third-order valence-corrected chi connectivity index (χ3v) is 4.38. The molecule has 1 aliphatic rings. The molecular formula is C11H10Cl2N4OS. The summed E-state index contributed by atoms with van der Waals surface area (Å²) in [5, 5.41) is 5.31. The molecule has 0 atom stereocenters. The number of H-pyrrole nitrogens is 1. The summed E-state index contributed by atoms with van der Waals surface area (Å²) in [7, 11) is 0. The van der Waals surface area contributed by atoms with Crippen LogP contribution in [0.15, 0.2) is 17.9 Å². The highest BCUT2D eigenvalue weighted by atomic mass is 35.5. The molecule has 1 amide bonds. The van der Waals surface area contributed by atoms with Gasteiger partial charge in [0.1, 0.15) is 15.0 Å². The summed E-state index contributed by atoms with van der Waals surface area (Å²) in [5.74, 6) is -0.198. The van der Waals surface area contributed by atoms with E-state index < -0.39 is 4.33 Å². The second kappa shape index (κ2) is 4.77. The van der Waals surface area contributed by atoms with Gasteiger partial charge in [-0.25, -0.2) is 9.97 Å². The zero-order valence-electron chi connectivity index (χ0n) is 9.69. The van der Waals surface area contributed by atoms with E-state index in [1.54, 1.807) is 17.9 Å². The number of amides is 1. The molecule has 5 nitrogen and oxygen atoms in total. The molecular weight excluding hydrogens is 307 g/mol. The van der Waals surface area contributed by atoms with E-state index in [2.05, 4.69) is 20.3 Å². The molecule has 0 saturated heterocycles. The van der Waals surface area contributed by atoms with Gasteiger partial charge in [0.05, 0.1) is 18.2 Å². The summed E-state index contributed by atoms with van der Waals surface area (Å²) in [4.78, 5) is 23.1. The molecule has 2 N–H and O–H groups in total. The number of rotatable bonds is 3. The van der Waals surface area contributed by atoms with Crippen LogP contribution in [0.2, 0.25) is 0 Å². The van der Waals surface area contributed by atoms with E-state index in [-0.39, 0.29) is 11.9 Å². The van der Waals surface area contributed by atoms with Gasteiger partial charge in [-0.15, -0.1) is 34.5 Å². The largest absolute Gasteiger partial charge is 0.348 e. The predicted octanol–water partition coefficient (Wildman–Crippen LogP) is 2.60. The summed E-state index contributed by atoms with van der Waals surface area (Å²) in [6, 6.07) is 0.0276. The first-order valence-electron chi connectivity index (χ1n) is 5.66. The molecule has 0 radical (unpaired) electrons. The van der Waals surface area contributed by atoms with Gasteiger partial charge in [-0.1, -0.05) is 0 Å². The van der Waals surface area contributed by atoms with Crippen LogP contribution in [0.4, 0.5) is 0 Å². The van der Waals surface area contributed by atoms with Crippen molar-refractivity contribution in [2.75, 3.05) is 0 Å². The van der Waals surface area contributed by atoms with Crippen LogP contribution in [0.25, 0.3) is 10.7 Å². The standard InChI is InChI=1S/C11H10Cl2N4OS/c12-11(13)1-6(2-11)16-9(18)8-4-19-10(17-8)7-3-14-5-15-7/h3-6H,1-2H2,(H,14,15)(H,16,18). The summed E-state index contributed by atoms with van der Waals surface area (Å²) < 4.78 is -0.693. The molecule has 3 rings (SSSR count). The van der Waals surface area contributed by atoms with Crippen molar-refractivity contribution in [3.05, 3.63) is 23.6 Å². The number of aromatic amines is 1. The average Bonchev–Trinajstić information content (AvgIpc) is 2.97. The van der Waals surface area contributed by atoms with E-state index in [1.165, 1.54) is 11.3 Å². The van der Waals surface area contributed by atoms with Gasteiger partial charge in [0.2, 0.25) is 0 Å². The summed E-state index contributed by atoms with van der Waals surface area (Å²) in [6.45, 7) is 0. The molecule has 19 heavy (non-hydrogen) atoms. The molecule has 1 saturated carbocycles. The maximum atomic E-state index is 12.0. The molecule has 8 heteroatoms. The first-order valence-corrected chi connectivity index (χ1v) is 7.30. The number of thiazole rings is 1. The van der Waals surface area contributed by atoms with Gasteiger partial charge in [0, 0.05) is 24.3 Å². The third kappa shape index (κ3) is 2.75. The number of alkyl halides is 2. The predicted molar refractivity (Wildman–Crippen MR) is 74.6 cm³/mol. The van der Waals surface area contributed by atoms with Crippen LogP contribution in [0, 0.1) is 0 Å². The van der Waals surface area contributed by atoms with Gasteiger partial charge in [-0.3, -0.25) is 4.79 Å². The van der Waals surface area contributed by atoms with Crippen LogP contribution in [-0.2, 0) is 0 Å². The van der Waals surface area contributed by atoms with Crippen LogP contribution >= 0.6 is 34.5 Å².